The smallest absolute Gasteiger partial charge is 0.156 e. The highest BCUT2D eigenvalue weighted by Gasteiger charge is 2.10. The molecule has 4 nitrogen and oxygen atoms in total. The highest BCUT2D eigenvalue weighted by Crippen LogP contribution is 2.25. The van der Waals surface area contributed by atoms with Gasteiger partial charge < -0.3 is 14.2 Å². The van der Waals surface area contributed by atoms with Crippen molar-refractivity contribution in [2.45, 2.75) is 20.1 Å². The number of aryl methyl sites for hydroxylation is 1. The summed E-state index contributed by atoms with van der Waals surface area (Å²) >= 11 is 6.04. The van der Waals surface area contributed by atoms with E-state index >= 15 is 0 Å². The SMILES string of the molecule is Cc1cc(Cn2cc(CO)c3ccc(Cl)cc32)on1. The fraction of sp³-hybridized carbons (Fsp3) is 0.214. The van der Waals surface area contributed by atoms with Gasteiger partial charge in [0.15, 0.2) is 5.76 Å². The third-order valence-corrected chi connectivity index (χ3v) is 3.34. The van der Waals surface area contributed by atoms with Gasteiger partial charge in [-0.05, 0) is 19.1 Å². The summed E-state index contributed by atoms with van der Waals surface area (Å²) in [7, 11) is 0. The van der Waals surface area contributed by atoms with Gasteiger partial charge in [0.25, 0.3) is 0 Å². The standard InChI is InChI=1S/C14H13ClN2O2/c1-9-4-12(19-16-9)7-17-6-10(8-18)13-3-2-11(15)5-14(13)17/h2-6,18H,7-8H2,1H3. The zero-order chi connectivity index (χ0) is 13.4. The van der Waals surface area contributed by atoms with Crippen LogP contribution in [0.4, 0.5) is 0 Å². The van der Waals surface area contributed by atoms with Crippen molar-refractivity contribution in [3.63, 3.8) is 0 Å². The van der Waals surface area contributed by atoms with Gasteiger partial charge in [0.1, 0.15) is 0 Å². The molecular formula is C14H13ClN2O2. The average Bonchev–Trinajstić information content (AvgIpc) is 2.94. The lowest BCUT2D eigenvalue weighted by Crippen LogP contribution is -1.96. The Balaban J connectivity index is 2.09. The van der Waals surface area contributed by atoms with Crippen LogP contribution in [0.15, 0.2) is 35.0 Å². The predicted molar refractivity (Wildman–Crippen MR) is 73.2 cm³/mol. The maximum Gasteiger partial charge on any atom is 0.156 e. The largest absolute Gasteiger partial charge is 0.392 e. The third kappa shape index (κ3) is 2.25. The second-order valence-corrected chi connectivity index (χ2v) is 4.97. The van der Waals surface area contributed by atoms with Gasteiger partial charge in [-0.25, -0.2) is 0 Å². The number of rotatable bonds is 3. The molecule has 0 unspecified atom stereocenters. The fourth-order valence-corrected chi connectivity index (χ4v) is 2.42. The van der Waals surface area contributed by atoms with E-state index in [1.165, 1.54) is 0 Å². The second-order valence-electron chi connectivity index (χ2n) is 4.54. The van der Waals surface area contributed by atoms with Crippen LogP contribution in [0.25, 0.3) is 10.9 Å². The molecule has 2 heterocycles. The molecule has 5 heteroatoms. The Labute approximate surface area is 115 Å². The Bertz CT molecular complexity index is 730. The van der Waals surface area contributed by atoms with Gasteiger partial charge in [-0.1, -0.05) is 22.8 Å². The molecule has 1 aromatic carbocycles. The van der Waals surface area contributed by atoms with E-state index in [1.54, 1.807) is 0 Å². The molecule has 2 aromatic heterocycles. The summed E-state index contributed by atoms with van der Waals surface area (Å²) in [4.78, 5) is 0. The van der Waals surface area contributed by atoms with E-state index < -0.39 is 0 Å². The van der Waals surface area contributed by atoms with Gasteiger partial charge in [0, 0.05) is 28.2 Å². The lowest BCUT2D eigenvalue weighted by Gasteiger charge is -2.02. The number of hydrogen-bond acceptors (Lipinski definition) is 3. The minimum atomic E-state index is 0.000560. The molecule has 0 saturated carbocycles. The maximum atomic E-state index is 9.41. The molecule has 0 saturated heterocycles. The van der Waals surface area contributed by atoms with Gasteiger partial charge in [-0.2, -0.15) is 0 Å². The zero-order valence-corrected chi connectivity index (χ0v) is 11.2. The number of aromatic nitrogens is 2. The highest BCUT2D eigenvalue weighted by molar-refractivity contribution is 6.31. The van der Waals surface area contributed by atoms with Crippen molar-refractivity contribution >= 4 is 22.5 Å². The molecule has 0 bridgehead atoms. The number of aliphatic hydroxyl groups excluding tert-OH is 1. The van der Waals surface area contributed by atoms with Crippen LogP contribution in [0.5, 0.6) is 0 Å². The first kappa shape index (κ1) is 12.3. The molecular weight excluding hydrogens is 264 g/mol. The van der Waals surface area contributed by atoms with Crippen LogP contribution in [0, 0.1) is 6.92 Å². The molecule has 0 aliphatic rings. The molecule has 0 aliphatic heterocycles. The van der Waals surface area contributed by atoms with Crippen molar-refractivity contribution in [2.75, 3.05) is 0 Å². The van der Waals surface area contributed by atoms with Gasteiger partial charge in [0.2, 0.25) is 0 Å². The molecule has 3 rings (SSSR count). The summed E-state index contributed by atoms with van der Waals surface area (Å²) in [5.74, 6) is 0.777. The third-order valence-electron chi connectivity index (χ3n) is 3.10. The monoisotopic (exact) mass is 276 g/mol. The summed E-state index contributed by atoms with van der Waals surface area (Å²) in [5.41, 5.74) is 2.71. The minimum absolute atomic E-state index is 0.000560. The van der Waals surface area contributed by atoms with Crippen LogP contribution in [-0.4, -0.2) is 14.8 Å². The van der Waals surface area contributed by atoms with Crippen molar-refractivity contribution in [2.24, 2.45) is 0 Å². The van der Waals surface area contributed by atoms with E-state index in [-0.39, 0.29) is 6.61 Å². The minimum Gasteiger partial charge on any atom is -0.392 e. The fourth-order valence-electron chi connectivity index (χ4n) is 2.26. The van der Waals surface area contributed by atoms with Crippen molar-refractivity contribution < 1.29 is 9.63 Å². The van der Waals surface area contributed by atoms with Crippen molar-refractivity contribution in [1.82, 2.24) is 9.72 Å². The number of fused-ring (bicyclic) bond motifs is 1. The molecule has 0 radical (unpaired) electrons. The topological polar surface area (TPSA) is 51.2 Å². The summed E-state index contributed by atoms with van der Waals surface area (Å²) in [5, 5.41) is 15.0. The Morgan fingerprint density at radius 3 is 2.89 bits per heavy atom. The van der Waals surface area contributed by atoms with Crippen molar-refractivity contribution in [3.05, 3.63) is 52.5 Å². The van der Waals surface area contributed by atoms with Crippen LogP contribution in [-0.2, 0) is 13.2 Å². The molecule has 0 atom stereocenters. The van der Waals surface area contributed by atoms with Crippen LogP contribution in [0.3, 0.4) is 0 Å². The molecule has 0 fully saturated rings. The number of hydrogen-bond donors (Lipinski definition) is 1. The lowest BCUT2D eigenvalue weighted by atomic mass is 10.2. The molecule has 3 aromatic rings. The van der Waals surface area contributed by atoms with Crippen LogP contribution in [0.1, 0.15) is 17.0 Å². The maximum absolute atomic E-state index is 9.41. The molecule has 0 amide bonds. The highest BCUT2D eigenvalue weighted by atomic mass is 35.5. The molecule has 0 spiro atoms. The Kier molecular flexibility index (Phi) is 3.05. The van der Waals surface area contributed by atoms with E-state index in [2.05, 4.69) is 5.16 Å². The average molecular weight is 277 g/mol. The van der Waals surface area contributed by atoms with Crippen molar-refractivity contribution in [3.8, 4) is 0 Å². The van der Waals surface area contributed by atoms with Gasteiger partial charge in [-0.15, -0.1) is 0 Å². The zero-order valence-electron chi connectivity index (χ0n) is 10.4. The first-order valence-electron chi connectivity index (χ1n) is 5.97. The summed E-state index contributed by atoms with van der Waals surface area (Å²) < 4.78 is 7.23. The van der Waals surface area contributed by atoms with Crippen molar-refractivity contribution in [1.29, 1.82) is 0 Å². The summed E-state index contributed by atoms with van der Waals surface area (Å²) in [6, 6.07) is 7.53. The number of nitrogens with zero attached hydrogens (tertiary/aromatic N) is 2. The Morgan fingerprint density at radius 1 is 1.37 bits per heavy atom. The van der Waals surface area contributed by atoms with E-state index in [0.717, 1.165) is 27.9 Å². The van der Waals surface area contributed by atoms with Gasteiger partial charge in [-0.3, -0.25) is 0 Å². The number of benzene rings is 1. The Hall–Kier alpha value is -1.78. The molecule has 19 heavy (non-hydrogen) atoms. The van der Waals surface area contributed by atoms with Crippen LogP contribution >= 0.6 is 11.6 Å². The van der Waals surface area contributed by atoms with Gasteiger partial charge >= 0.3 is 0 Å². The predicted octanol–water partition coefficient (Wildman–Crippen LogP) is 3.13. The number of halogens is 1. The summed E-state index contributed by atoms with van der Waals surface area (Å²) in [6.45, 7) is 2.45. The van der Waals surface area contributed by atoms with Crippen LogP contribution in [0.2, 0.25) is 5.02 Å². The first-order valence-corrected chi connectivity index (χ1v) is 6.35. The van der Waals surface area contributed by atoms with E-state index in [1.807, 2.05) is 42.0 Å². The van der Waals surface area contributed by atoms with E-state index in [0.29, 0.717) is 11.6 Å². The Morgan fingerprint density at radius 2 is 2.21 bits per heavy atom. The molecule has 98 valence electrons. The van der Waals surface area contributed by atoms with Gasteiger partial charge in [0.05, 0.1) is 24.4 Å². The normalized spacial score (nSPS) is 11.3. The molecule has 1 N–H and O–H groups in total. The van der Waals surface area contributed by atoms with Crippen LogP contribution < -0.4 is 0 Å². The van der Waals surface area contributed by atoms with E-state index in [4.69, 9.17) is 16.1 Å². The molecule has 0 aliphatic carbocycles. The summed E-state index contributed by atoms with van der Waals surface area (Å²) in [6.07, 6.45) is 1.92. The quantitative estimate of drug-likeness (QED) is 0.799. The van der Waals surface area contributed by atoms with E-state index in [9.17, 15) is 5.11 Å². The lowest BCUT2D eigenvalue weighted by molar-refractivity contribution is 0.283. The first-order chi connectivity index (χ1) is 9.17. The second kappa shape index (κ2) is 4.72. The number of aliphatic hydroxyl groups is 1.